The summed E-state index contributed by atoms with van der Waals surface area (Å²) < 4.78 is 16.7. The summed E-state index contributed by atoms with van der Waals surface area (Å²) in [5, 5.41) is 4.01. The summed E-state index contributed by atoms with van der Waals surface area (Å²) in [6.07, 6.45) is 5.37. The number of rotatable bonds is 6. The normalized spacial score (nSPS) is 25.9. The van der Waals surface area contributed by atoms with E-state index in [1.807, 2.05) is 26.2 Å². The first kappa shape index (κ1) is 17.8. The summed E-state index contributed by atoms with van der Waals surface area (Å²) in [7, 11) is 1.83. The number of aryl methyl sites for hydroxylation is 1. The Morgan fingerprint density at radius 2 is 2.08 bits per heavy atom. The molecule has 2 aromatic rings. The number of furan rings is 1. The lowest BCUT2D eigenvalue weighted by Crippen LogP contribution is -2.44. The van der Waals surface area contributed by atoms with Crippen LogP contribution in [0.15, 0.2) is 33.4 Å². The molecule has 2 aliphatic heterocycles. The number of likely N-dealkylation sites (tertiary alicyclic amines) is 2. The van der Waals surface area contributed by atoms with Crippen LogP contribution in [0.5, 0.6) is 0 Å². The number of hydrogen-bond acceptors (Lipinski definition) is 6. The molecule has 0 spiro atoms. The topological polar surface area (TPSA) is 54.9 Å². The van der Waals surface area contributed by atoms with Crippen molar-refractivity contribution in [3.05, 3.63) is 41.7 Å². The van der Waals surface area contributed by atoms with Gasteiger partial charge in [-0.15, -0.1) is 0 Å². The second-order valence-electron chi connectivity index (χ2n) is 7.71. The van der Waals surface area contributed by atoms with E-state index in [1.54, 1.807) is 6.26 Å². The van der Waals surface area contributed by atoms with Crippen LogP contribution >= 0.6 is 0 Å². The Labute approximate surface area is 155 Å². The third kappa shape index (κ3) is 4.03. The fraction of sp³-hybridized carbons (Fsp3) is 0.650. The summed E-state index contributed by atoms with van der Waals surface area (Å²) in [4.78, 5) is 5.13. The van der Waals surface area contributed by atoms with Crippen LogP contribution in [0.25, 0.3) is 0 Å². The maximum atomic E-state index is 5.79. The van der Waals surface area contributed by atoms with E-state index in [0.717, 1.165) is 56.4 Å². The van der Waals surface area contributed by atoms with Crippen molar-refractivity contribution in [3.8, 4) is 0 Å². The first-order valence-corrected chi connectivity index (χ1v) is 9.65. The second-order valence-corrected chi connectivity index (χ2v) is 7.71. The Morgan fingerprint density at radius 3 is 2.73 bits per heavy atom. The molecule has 0 aliphatic carbocycles. The lowest BCUT2D eigenvalue weighted by atomic mass is 10.00. The minimum Gasteiger partial charge on any atom is -0.468 e. The number of piperidine rings is 1. The minimum atomic E-state index is 0.279. The average Bonchev–Trinajstić information content (AvgIpc) is 3.38. The molecule has 26 heavy (non-hydrogen) atoms. The van der Waals surface area contributed by atoms with Crippen molar-refractivity contribution in [3.63, 3.8) is 0 Å². The Morgan fingerprint density at radius 1 is 1.23 bits per heavy atom. The third-order valence-electron chi connectivity index (χ3n) is 5.89. The van der Waals surface area contributed by atoms with E-state index in [-0.39, 0.29) is 6.10 Å². The SMILES string of the molecule is CO[C@H]1CN(C2CCN(Cc3ccco3)CC2)C[C@H]1Cc1cc(C)no1. The van der Waals surface area contributed by atoms with Crippen LogP contribution in [-0.2, 0) is 17.7 Å². The molecule has 0 radical (unpaired) electrons. The van der Waals surface area contributed by atoms with Crippen LogP contribution in [0.4, 0.5) is 0 Å². The van der Waals surface area contributed by atoms with Crippen molar-refractivity contribution < 1.29 is 13.7 Å². The quantitative estimate of drug-likeness (QED) is 0.790. The van der Waals surface area contributed by atoms with Crippen LogP contribution in [0, 0.1) is 12.8 Å². The van der Waals surface area contributed by atoms with Gasteiger partial charge in [0.05, 0.1) is 24.6 Å². The van der Waals surface area contributed by atoms with Crippen molar-refractivity contribution in [2.75, 3.05) is 33.3 Å². The minimum absolute atomic E-state index is 0.279. The standard InChI is InChI=1S/C20H29N3O3/c1-15-10-19(26-21-15)11-16-12-23(14-20(16)24-2)17-5-7-22(8-6-17)13-18-4-3-9-25-18/h3-4,9-10,16-17,20H,5-8,11-14H2,1-2H3/t16-,20+/m1/s1. The van der Waals surface area contributed by atoms with Crippen molar-refractivity contribution >= 4 is 0 Å². The summed E-state index contributed by atoms with van der Waals surface area (Å²) in [6, 6.07) is 6.73. The molecule has 4 rings (SSSR count). The van der Waals surface area contributed by atoms with Gasteiger partial charge >= 0.3 is 0 Å². The zero-order valence-electron chi connectivity index (χ0n) is 15.8. The van der Waals surface area contributed by atoms with Gasteiger partial charge in [0.15, 0.2) is 0 Å². The Hall–Kier alpha value is -1.63. The molecule has 2 atom stereocenters. The molecule has 0 bridgehead atoms. The zero-order chi connectivity index (χ0) is 17.9. The van der Waals surface area contributed by atoms with Gasteiger partial charge in [0.2, 0.25) is 0 Å². The Kier molecular flexibility index (Phi) is 5.43. The molecule has 6 nitrogen and oxygen atoms in total. The molecule has 0 saturated carbocycles. The van der Waals surface area contributed by atoms with Crippen molar-refractivity contribution in [1.29, 1.82) is 0 Å². The first-order valence-electron chi connectivity index (χ1n) is 9.65. The lowest BCUT2D eigenvalue weighted by molar-refractivity contribution is 0.0674. The summed E-state index contributed by atoms with van der Waals surface area (Å²) in [5.41, 5.74) is 0.952. The first-order chi connectivity index (χ1) is 12.7. The summed E-state index contributed by atoms with van der Waals surface area (Å²) in [5.74, 6) is 2.52. The maximum absolute atomic E-state index is 5.79. The van der Waals surface area contributed by atoms with E-state index in [0.29, 0.717) is 12.0 Å². The van der Waals surface area contributed by atoms with Crippen LogP contribution < -0.4 is 0 Å². The van der Waals surface area contributed by atoms with E-state index in [2.05, 4.69) is 21.0 Å². The molecule has 2 saturated heterocycles. The van der Waals surface area contributed by atoms with Gasteiger partial charge in [-0.1, -0.05) is 5.16 Å². The number of ether oxygens (including phenoxy) is 1. The molecule has 0 N–H and O–H groups in total. The monoisotopic (exact) mass is 359 g/mol. The molecular formula is C20H29N3O3. The smallest absolute Gasteiger partial charge is 0.137 e. The molecule has 6 heteroatoms. The average molecular weight is 359 g/mol. The number of nitrogens with zero attached hydrogens (tertiary/aromatic N) is 3. The molecule has 4 heterocycles. The molecule has 2 aliphatic rings. The fourth-order valence-corrected chi connectivity index (χ4v) is 4.47. The van der Waals surface area contributed by atoms with Gasteiger partial charge < -0.3 is 13.7 Å². The highest BCUT2D eigenvalue weighted by molar-refractivity contribution is 5.06. The Bertz CT molecular complexity index is 676. The fourth-order valence-electron chi connectivity index (χ4n) is 4.47. The van der Waals surface area contributed by atoms with Crippen LogP contribution in [0.1, 0.15) is 30.1 Å². The molecule has 2 fully saturated rings. The lowest BCUT2D eigenvalue weighted by Gasteiger charge is -2.36. The molecule has 2 aromatic heterocycles. The van der Waals surface area contributed by atoms with Crippen LogP contribution in [-0.4, -0.2) is 60.4 Å². The van der Waals surface area contributed by atoms with Gasteiger partial charge in [0, 0.05) is 57.7 Å². The van der Waals surface area contributed by atoms with E-state index in [1.165, 1.54) is 12.8 Å². The van der Waals surface area contributed by atoms with Crippen molar-refractivity contribution in [2.24, 2.45) is 5.92 Å². The molecule has 0 aromatic carbocycles. The van der Waals surface area contributed by atoms with E-state index in [4.69, 9.17) is 13.7 Å². The van der Waals surface area contributed by atoms with Crippen molar-refractivity contribution in [1.82, 2.24) is 15.0 Å². The number of methoxy groups -OCH3 is 1. The van der Waals surface area contributed by atoms with Gasteiger partial charge in [0.25, 0.3) is 0 Å². The van der Waals surface area contributed by atoms with Gasteiger partial charge in [-0.05, 0) is 31.9 Å². The number of aromatic nitrogens is 1. The zero-order valence-corrected chi connectivity index (χ0v) is 15.8. The second kappa shape index (κ2) is 7.94. The van der Waals surface area contributed by atoms with E-state index >= 15 is 0 Å². The summed E-state index contributed by atoms with van der Waals surface area (Å²) in [6.45, 7) is 7.27. The molecule has 0 unspecified atom stereocenters. The van der Waals surface area contributed by atoms with Gasteiger partial charge in [-0.3, -0.25) is 9.80 Å². The van der Waals surface area contributed by atoms with Gasteiger partial charge in [0.1, 0.15) is 11.5 Å². The van der Waals surface area contributed by atoms with Crippen LogP contribution in [0.2, 0.25) is 0 Å². The molecule has 142 valence electrons. The molecule has 0 amide bonds. The highest BCUT2D eigenvalue weighted by atomic mass is 16.5. The highest BCUT2D eigenvalue weighted by Crippen LogP contribution is 2.29. The predicted molar refractivity (Wildman–Crippen MR) is 97.8 cm³/mol. The van der Waals surface area contributed by atoms with Crippen molar-refractivity contribution in [2.45, 2.75) is 44.9 Å². The maximum Gasteiger partial charge on any atom is 0.137 e. The highest BCUT2D eigenvalue weighted by Gasteiger charge is 2.37. The van der Waals surface area contributed by atoms with Gasteiger partial charge in [-0.2, -0.15) is 0 Å². The third-order valence-corrected chi connectivity index (χ3v) is 5.89. The number of hydrogen-bond donors (Lipinski definition) is 0. The molecular weight excluding hydrogens is 330 g/mol. The largest absolute Gasteiger partial charge is 0.468 e. The summed E-state index contributed by atoms with van der Waals surface area (Å²) >= 11 is 0. The van der Waals surface area contributed by atoms with Crippen LogP contribution in [0.3, 0.4) is 0 Å². The predicted octanol–water partition coefficient (Wildman–Crippen LogP) is 2.73. The van der Waals surface area contributed by atoms with E-state index < -0.39 is 0 Å². The van der Waals surface area contributed by atoms with Gasteiger partial charge in [-0.25, -0.2) is 0 Å². The van der Waals surface area contributed by atoms with E-state index in [9.17, 15) is 0 Å². The Balaban J connectivity index is 1.29.